The number of hydrogen-bond acceptors (Lipinski definition) is 5. The number of rotatable bonds is 8. The summed E-state index contributed by atoms with van der Waals surface area (Å²) in [5, 5.41) is 12.3. The summed E-state index contributed by atoms with van der Waals surface area (Å²) in [6.45, 7) is 0. The first-order valence-electron chi connectivity index (χ1n) is 9.68. The fourth-order valence-electron chi connectivity index (χ4n) is 3.11. The van der Waals surface area contributed by atoms with Crippen molar-refractivity contribution in [1.29, 1.82) is 0 Å². The van der Waals surface area contributed by atoms with Gasteiger partial charge in [-0.15, -0.1) is 0 Å². The molecule has 1 amide bonds. The molecule has 0 heterocycles. The number of ether oxygens (including phenoxy) is 3. The van der Waals surface area contributed by atoms with E-state index in [0.717, 1.165) is 5.56 Å². The number of nitrogens with one attached hydrogen (secondary N) is 1. The third-order valence-electron chi connectivity index (χ3n) is 4.72. The predicted octanol–water partition coefficient (Wildman–Crippen LogP) is 4.83. The third-order valence-corrected chi connectivity index (χ3v) is 4.72. The first-order chi connectivity index (χ1) is 15.5. The maximum absolute atomic E-state index is 12.9. The monoisotopic (exact) mass is 433 g/mol. The lowest BCUT2D eigenvalue weighted by Gasteiger charge is -2.14. The molecule has 0 saturated carbocycles. The van der Waals surface area contributed by atoms with Gasteiger partial charge in [0.25, 0.3) is 5.91 Å². The summed E-state index contributed by atoms with van der Waals surface area (Å²) in [5.74, 6) is -0.680. The standard InChI is InChI=1S/C25H23NO6/c1-30-21-14-18(15-22(31-2)23(21)32-3)24(27)26-20-12-11-17(13-19(20)25(28)29)10-9-16-7-5-4-6-8-16/h4-15H,1-3H3,(H,26,27)(H,28,29). The zero-order valence-corrected chi connectivity index (χ0v) is 17.9. The molecule has 0 saturated heterocycles. The molecule has 3 rings (SSSR count). The van der Waals surface area contributed by atoms with Gasteiger partial charge in [-0.3, -0.25) is 4.79 Å². The van der Waals surface area contributed by atoms with Crippen LogP contribution in [0.2, 0.25) is 0 Å². The Bertz CT molecular complexity index is 1130. The maximum Gasteiger partial charge on any atom is 0.337 e. The highest BCUT2D eigenvalue weighted by atomic mass is 16.5. The van der Waals surface area contributed by atoms with Crippen LogP contribution in [0.15, 0.2) is 60.7 Å². The van der Waals surface area contributed by atoms with Crippen LogP contribution in [-0.4, -0.2) is 38.3 Å². The van der Waals surface area contributed by atoms with E-state index in [4.69, 9.17) is 14.2 Å². The molecule has 3 aromatic rings. The normalized spacial score (nSPS) is 10.6. The number of carbonyl (C=O) groups excluding carboxylic acids is 1. The van der Waals surface area contributed by atoms with Crippen LogP contribution < -0.4 is 19.5 Å². The molecule has 32 heavy (non-hydrogen) atoms. The molecule has 0 aliphatic rings. The molecule has 0 atom stereocenters. The Balaban J connectivity index is 1.89. The quantitative estimate of drug-likeness (QED) is 0.494. The van der Waals surface area contributed by atoms with E-state index >= 15 is 0 Å². The average Bonchev–Trinajstić information content (AvgIpc) is 2.82. The van der Waals surface area contributed by atoms with Gasteiger partial charge in [0.15, 0.2) is 11.5 Å². The fraction of sp³-hybridized carbons (Fsp3) is 0.120. The van der Waals surface area contributed by atoms with E-state index in [1.807, 2.05) is 42.5 Å². The topological polar surface area (TPSA) is 94.1 Å². The minimum Gasteiger partial charge on any atom is -0.493 e. The number of aromatic carboxylic acids is 1. The van der Waals surface area contributed by atoms with E-state index in [1.165, 1.54) is 39.5 Å². The number of methoxy groups -OCH3 is 3. The van der Waals surface area contributed by atoms with Crippen LogP contribution in [0.3, 0.4) is 0 Å². The molecule has 0 radical (unpaired) electrons. The molecule has 0 fully saturated rings. The second-order valence-corrected chi connectivity index (χ2v) is 6.72. The summed E-state index contributed by atoms with van der Waals surface area (Å²) in [7, 11) is 4.36. The predicted molar refractivity (Wildman–Crippen MR) is 123 cm³/mol. The second kappa shape index (κ2) is 10.2. The zero-order valence-electron chi connectivity index (χ0n) is 17.9. The van der Waals surface area contributed by atoms with Crippen molar-refractivity contribution in [3.8, 4) is 17.2 Å². The van der Waals surface area contributed by atoms with Crippen molar-refractivity contribution in [3.63, 3.8) is 0 Å². The van der Waals surface area contributed by atoms with Crippen LogP contribution in [-0.2, 0) is 0 Å². The Labute approximate surface area is 185 Å². The summed E-state index contributed by atoms with van der Waals surface area (Å²) in [4.78, 5) is 24.7. The number of anilines is 1. The lowest BCUT2D eigenvalue weighted by Crippen LogP contribution is -2.15. The Hall–Kier alpha value is -4.26. The molecule has 7 nitrogen and oxygen atoms in total. The number of carbonyl (C=O) groups is 2. The highest BCUT2D eigenvalue weighted by Crippen LogP contribution is 2.38. The van der Waals surface area contributed by atoms with Crippen molar-refractivity contribution in [3.05, 3.63) is 82.9 Å². The van der Waals surface area contributed by atoms with Gasteiger partial charge in [0.2, 0.25) is 5.75 Å². The minimum absolute atomic E-state index is 0.0268. The summed E-state index contributed by atoms with van der Waals surface area (Å²) >= 11 is 0. The SMILES string of the molecule is COc1cc(C(=O)Nc2ccc(C=Cc3ccccc3)cc2C(=O)O)cc(OC)c1OC. The Kier molecular flexibility index (Phi) is 7.13. The van der Waals surface area contributed by atoms with Crippen LogP contribution >= 0.6 is 0 Å². The lowest BCUT2D eigenvalue weighted by atomic mass is 10.1. The van der Waals surface area contributed by atoms with Crippen molar-refractivity contribution in [2.75, 3.05) is 26.6 Å². The molecular formula is C25H23NO6. The first-order valence-corrected chi connectivity index (χ1v) is 9.68. The summed E-state index contributed by atoms with van der Waals surface area (Å²) < 4.78 is 15.8. The zero-order chi connectivity index (χ0) is 23.1. The van der Waals surface area contributed by atoms with E-state index in [1.54, 1.807) is 12.1 Å². The number of hydrogen-bond donors (Lipinski definition) is 2. The van der Waals surface area contributed by atoms with E-state index in [2.05, 4.69) is 5.32 Å². The molecule has 7 heteroatoms. The Morgan fingerprint density at radius 2 is 1.44 bits per heavy atom. The molecule has 0 aliphatic heterocycles. The molecule has 0 unspecified atom stereocenters. The summed E-state index contributed by atoms with van der Waals surface area (Å²) in [6, 6.07) is 17.4. The van der Waals surface area contributed by atoms with Crippen LogP contribution in [0.5, 0.6) is 17.2 Å². The Morgan fingerprint density at radius 1 is 0.812 bits per heavy atom. The molecular weight excluding hydrogens is 410 g/mol. The summed E-state index contributed by atoms with van der Waals surface area (Å²) in [6.07, 6.45) is 3.70. The van der Waals surface area contributed by atoms with E-state index in [9.17, 15) is 14.7 Å². The van der Waals surface area contributed by atoms with Gasteiger partial charge in [-0.2, -0.15) is 0 Å². The van der Waals surface area contributed by atoms with Gasteiger partial charge in [-0.1, -0.05) is 48.6 Å². The largest absolute Gasteiger partial charge is 0.493 e. The van der Waals surface area contributed by atoms with Crippen molar-refractivity contribution < 1.29 is 28.9 Å². The number of amides is 1. The van der Waals surface area contributed by atoms with Crippen molar-refractivity contribution in [1.82, 2.24) is 0 Å². The van der Waals surface area contributed by atoms with Crippen molar-refractivity contribution in [2.24, 2.45) is 0 Å². The fourth-order valence-corrected chi connectivity index (χ4v) is 3.11. The number of carboxylic acids is 1. The van der Waals surface area contributed by atoms with Gasteiger partial charge >= 0.3 is 5.97 Å². The van der Waals surface area contributed by atoms with Gasteiger partial charge in [0.05, 0.1) is 32.6 Å². The van der Waals surface area contributed by atoms with Crippen LogP contribution in [0.25, 0.3) is 12.2 Å². The van der Waals surface area contributed by atoms with E-state index in [-0.39, 0.29) is 16.8 Å². The van der Waals surface area contributed by atoms with Crippen LogP contribution in [0.1, 0.15) is 31.8 Å². The molecule has 0 bridgehead atoms. The number of benzene rings is 3. The Morgan fingerprint density at radius 3 is 2.00 bits per heavy atom. The van der Waals surface area contributed by atoms with E-state index in [0.29, 0.717) is 22.8 Å². The van der Waals surface area contributed by atoms with Gasteiger partial charge in [0.1, 0.15) is 0 Å². The van der Waals surface area contributed by atoms with Crippen molar-refractivity contribution in [2.45, 2.75) is 0 Å². The number of carboxylic acid groups (broad SMARTS) is 1. The van der Waals surface area contributed by atoms with Crippen LogP contribution in [0, 0.1) is 0 Å². The second-order valence-electron chi connectivity index (χ2n) is 6.72. The highest BCUT2D eigenvalue weighted by Gasteiger charge is 2.19. The molecule has 0 spiro atoms. The van der Waals surface area contributed by atoms with Gasteiger partial charge in [-0.25, -0.2) is 4.79 Å². The molecule has 2 N–H and O–H groups in total. The van der Waals surface area contributed by atoms with Crippen molar-refractivity contribution >= 4 is 29.7 Å². The first kappa shape index (κ1) is 22.4. The average molecular weight is 433 g/mol. The molecule has 0 aliphatic carbocycles. The van der Waals surface area contributed by atoms with Gasteiger partial charge < -0.3 is 24.6 Å². The molecule has 0 aromatic heterocycles. The minimum atomic E-state index is -1.15. The maximum atomic E-state index is 12.9. The summed E-state index contributed by atoms with van der Waals surface area (Å²) in [5.41, 5.74) is 2.05. The van der Waals surface area contributed by atoms with Gasteiger partial charge in [0, 0.05) is 5.56 Å². The lowest BCUT2D eigenvalue weighted by molar-refractivity contribution is 0.0698. The van der Waals surface area contributed by atoms with Crippen LogP contribution in [0.4, 0.5) is 5.69 Å². The third kappa shape index (κ3) is 5.07. The molecule has 3 aromatic carbocycles. The van der Waals surface area contributed by atoms with E-state index < -0.39 is 11.9 Å². The highest BCUT2D eigenvalue weighted by molar-refractivity contribution is 6.08. The molecule has 164 valence electrons. The smallest absolute Gasteiger partial charge is 0.337 e. The van der Waals surface area contributed by atoms with Gasteiger partial charge in [-0.05, 0) is 35.4 Å².